The first-order valence-corrected chi connectivity index (χ1v) is 12.0. The van der Waals surface area contributed by atoms with E-state index >= 15 is 0 Å². The second-order valence-corrected chi connectivity index (χ2v) is 9.63. The molecule has 3 rings (SSSR count). The molecule has 0 unspecified atom stereocenters. The molecule has 2 aromatic carbocycles. The lowest BCUT2D eigenvalue weighted by atomic mass is 10.1. The van der Waals surface area contributed by atoms with Gasteiger partial charge in [-0.25, -0.2) is 0 Å². The molecule has 28 heavy (non-hydrogen) atoms. The Morgan fingerprint density at radius 3 is 2.36 bits per heavy atom. The second-order valence-electron chi connectivity index (χ2n) is 6.38. The molecule has 0 saturated carbocycles. The quantitative estimate of drug-likeness (QED) is 0.510. The molecule has 0 spiro atoms. The number of hydrogen-bond donors (Lipinski definition) is 0. The molecule has 3 aromatic rings. The highest BCUT2D eigenvalue weighted by Gasteiger charge is 2.21. The van der Waals surface area contributed by atoms with Gasteiger partial charge in [-0.15, -0.1) is 0 Å². The molecule has 0 amide bonds. The summed E-state index contributed by atoms with van der Waals surface area (Å²) in [4.78, 5) is 0. The van der Waals surface area contributed by atoms with Gasteiger partial charge in [0.2, 0.25) is 0 Å². The van der Waals surface area contributed by atoms with E-state index in [0.717, 1.165) is 29.0 Å². The molecule has 0 aliphatic carbocycles. The highest BCUT2D eigenvalue weighted by molar-refractivity contribution is 7.86. The van der Waals surface area contributed by atoms with Gasteiger partial charge in [-0.05, 0) is 17.2 Å². The normalized spacial score (nSPS) is 13.6. The monoisotopic (exact) mass is 424 g/mol. The maximum absolute atomic E-state index is 11.6. The number of nitrogens with zero attached hydrogens (tertiary/aromatic N) is 2. The zero-order valence-corrected chi connectivity index (χ0v) is 17.0. The van der Waals surface area contributed by atoms with Crippen LogP contribution in [0.4, 0.5) is 0 Å². The van der Waals surface area contributed by atoms with E-state index in [1.165, 1.54) is 0 Å². The zero-order chi connectivity index (χ0) is 20.4. The Balaban J connectivity index is 1.95. The molecule has 0 radical (unpaired) electrons. The number of rotatable bonds is 8. The molecule has 0 bridgehead atoms. The Kier molecular flexibility index (Phi) is 5.84. The maximum atomic E-state index is 11.6. The van der Waals surface area contributed by atoms with E-state index in [1.807, 2.05) is 30.3 Å². The minimum Gasteiger partial charge on any atom is -0.267 e. The van der Waals surface area contributed by atoms with E-state index in [0.29, 0.717) is 12.1 Å². The first-order valence-electron chi connectivity index (χ1n) is 8.33. The van der Waals surface area contributed by atoms with E-state index in [4.69, 9.17) is 8.37 Å². The first kappa shape index (κ1) is 20.5. The second kappa shape index (κ2) is 8.00. The average molecular weight is 425 g/mol. The van der Waals surface area contributed by atoms with Gasteiger partial charge in [0.15, 0.2) is 0 Å². The highest BCUT2D eigenvalue weighted by atomic mass is 32.2. The van der Waals surface area contributed by atoms with Crippen LogP contribution in [0, 0.1) is 0 Å². The largest absolute Gasteiger partial charge is 0.267 e. The molecule has 10 heteroatoms. The van der Waals surface area contributed by atoms with Crippen LogP contribution in [0.3, 0.4) is 0 Å². The van der Waals surface area contributed by atoms with Crippen LogP contribution in [0.1, 0.15) is 17.2 Å². The number of fused-ring (bicyclic) bond motifs is 1. The Hall–Kier alpha value is -2.27. The van der Waals surface area contributed by atoms with Gasteiger partial charge in [-0.1, -0.05) is 42.5 Å². The molecule has 0 aliphatic rings. The lowest BCUT2D eigenvalue weighted by molar-refractivity contribution is 0.141. The molecule has 150 valence electrons. The van der Waals surface area contributed by atoms with E-state index in [1.54, 1.807) is 29.1 Å². The smallest absolute Gasteiger partial charge is 0.265 e. The van der Waals surface area contributed by atoms with Crippen molar-refractivity contribution < 1.29 is 25.2 Å². The lowest BCUT2D eigenvalue weighted by Gasteiger charge is -2.16. The number of benzene rings is 2. The van der Waals surface area contributed by atoms with Crippen molar-refractivity contribution >= 4 is 31.1 Å². The molecule has 8 nitrogen and oxygen atoms in total. The van der Waals surface area contributed by atoms with Gasteiger partial charge in [0.25, 0.3) is 20.2 Å². The van der Waals surface area contributed by atoms with Gasteiger partial charge in [0.05, 0.1) is 37.4 Å². The van der Waals surface area contributed by atoms with Crippen LogP contribution in [0.25, 0.3) is 10.9 Å². The van der Waals surface area contributed by atoms with E-state index < -0.39 is 32.9 Å². The Morgan fingerprint density at radius 2 is 1.71 bits per heavy atom. The van der Waals surface area contributed by atoms with Gasteiger partial charge in [0, 0.05) is 5.39 Å². The summed E-state index contributed by atoms with van der Waals surface area (Å²) in [5.41, 5.74) is 2.29. The highest BCUT2D eigenvalue weighted by Crippen LogP contribution is 2.25. The van der Waals surface area contributed by atoms with Crippen LogP contribution in [0.15, 0.2) is 54.7 Å². The van der Waals surface area contributed by atoms with E-state index in [9.17, 15) is 16.8 Å². The number of hydrogen-bond acceptors (Lipinski definition) is 7. The predicted octanol–water partition coefficient (Wildman–Crippen LogP) is 2.08. The SMILES string of the molecule is CS(=O)(=O)OC[C@@H](OS(C)(=O)=O)c1ccc2cnn(Cc3ccccc3)c2c1. The summed E-state index contributed by atoms with van der Waals surface area (Å²) in [6, 6.07) is 14.9. The maximum Gasteiger partial charge on any atom is 0.265 e. The molecule has 0 saturated heterocycles. The van der Waals surface area contributed by atoms with Crippen molar-refractivity contribution in [3.8, 4) is 0 Å². The summed E-state index contributed by atoms with van der Waals surface area (Å²) >= 11 is 0. The molecule has 1 aromatic heterocycles. The third kappa shape index (κ3) is 5.61. The fourth-order valence-electron chi connectivity index (χ4n) is 2.75. The van der Waals surface area contributed by atoms with Crippen molar-refractivity contribution in [2.75, 3.05) is 19.1 Å². The van der Waals surface area contributed by atoms with Crippen LogP contribution in [-0.2, 0) is 35.1 Å². The fraction of sp³-hybridized carbons (Fsp3) is 0.278. The molecule has 0 N–H and O–H groups in total. The fourth-order valence-corrected chi connectivity index (χ4v) is 3.71. The minimum atomic E-state index is -3.83. The topological polar surface area (TPSA) is 105 Å². The molecule has 1 heterocycles. The van der Waals surface area contributed by atoms with Gasteiger partial charge in [-0.2, -0.15) is 21.9 Å². The Morgan fingerprint density at radius 1 is 1.00 bits per heavy atom. The summed E-state index contributed by atoms with van der Waals surface area (Å²) in [7, 11) is -7.59. The predicted molar refractivity (Wildman–Crippen MR) is 105 cm³/mol. The number of aromatic nitrogens is 2. The first-order chi connectivity index (χ1) is 13.1. The van der Waals surface area contributed by atoms with Crippen LogP contribution in [-0.4, -0.2) is 45.7 Å². The van der Waals surface area contributed by atoms with Gasteiger partial charge in [-0.3, -0.25) is 13.0 Å². The van der Waals surface area contributed by atoms with Crippen LogP contribution in [0.5, 0.6) is 0 Å². The van der Waals surface area contributed by atoms with Crippen LogP contribution in [0.2, 0.25) is 0 Å². The lowest BCUT2D eigenvalue weighted by Crippen LogP contribution is -2.18. The van der Waals surface area contributed by atoms with Crippen molar-refractivity contribution in [1.29, 1.82) is 0 Å². The minimum absolute atomic E-state index is 0.454. The molecular formula is C18H20N2O6S2. The van der Waals surface area contributed by atoms with Crippen molar-refractivity contribution in [2.45, 2.75) is 12.6 Å². The average Bonchev–Trinajstić information content (AvgIpc) is 3.00. The van der Waals surface area contributed by atoms with Gasteiger partial charge >= 0.3 is 0 Å². The van der Waals surface area contributed by atoms with Crippen molar-refractivity contribution in [3.63, 3.8) is 0 Å². The molecule has 0 aliphatic heterocycles. The molecule has 1 atom stereocenters. The third-order valence-corrected chi connectivity index (χ3v) is 5.09. The van der Waals surface area contributed by atoms with Crippen molar-refractivity contribution in [3.05, 3.63) is 65.9 Å². The summed E-state index contributed by atoms with van der Waals surface area (Å²) in [6.07, 6.45) is 2.40. The standard InChI is InChI=1S/C18H20N2O6S2/c1-27(21,22)25-13-18(26-28(2,23)24)15-8-9-16-11-19-20(17(16)10-15)12-14-6-4-3-5-7-14/h3-11,18H,12-13H2,1-2H3/t18-/m1/s1. The van der Waals surface area contributed by atoms with Gasteiger partial charge in [0.1, 0.15) is 6.10 Å². The summed E-state index contributed by atoms with van der Waals surface area (Å²) in [5, 5.41) is 5.24. The molecular weight excluding hydrogens is 404 g/mol. The Labute approximate surface area is 163 Å². The van der Waals surface area contributed by atoms with E-state index in [-0.39, 0.29) is 0 Å². The van der Waals surface area contributed by atoms with Crippen molar-refractivity contribution in [1.82, 2.24) is 9.78 Å². The molecule has 0 fully saturated rings. The Bertz CT molecular complexity index is 1170. The van der Waals surface area contributed by atoms with Crippen LogP contribution < -0.4 is 0 Å². The van der Waals surface area contributed by atoms with E-state index in [2.05, 4.69) is 5.10 Å². The zero-order valence-electron chi connectivity index (χ0n) is 15.3. The summed E-state index contributed by atoms with van der Waals surface area (Å²) < 4.78 is 57.5. The van der Waals surface area contributed by atoms with Gasteiger partial charge < -0.3 is 0 Å². The third-order valence-electron chi connectivity index (χ3n) is 3.94. The summed E-state index contributed by atoms with van der Waals surface area (Å²) in [5.74, 6) is 0. The van der Waals surface area contributed by atoms with Crippen molar-refractivity contribution in [2.24, 2.45) is 0 Å². The van der Waals surface area contributed by atoms with Crippen LogP contribution >= 0.6 is 0 Å². The summed E-state index contributed by atoms with van der Waals surface area (Å²) in [6.45, 7) is 0.0788.